The van der Waals surface area contributed by atoms with Gasteiger partial charge in [0.2, 0.25) is 0 Å². The minimum Gasteiger partial charge on any atom is -0.394 e. The molecule has 1 aromatic rings. The minimum atomic E-state index is -0.479. The topological polar surface area (TPSA) is 83.7 Å². The van der Waals surface area contributed by atoms with E-state index < -0.39 is 4.92 Å². The lowest BCUT2D eigenvalue weighted by Crippen LogP contribution is -2.37. The maximum atomic E-state index is 12.4. The van der Waals surface area contributed by atoms with Gasteiger partial charge in [-0.15, -0.1) is 0 Å². The van der Waals surface area contributed by atoms with Crippen LogP contribution in [-0.4, -0.2) is 40.0 Å². The van der Waals surface area contributed by atoms with Gasteiger partial charge in [0.15, 0.2) is 0 Å². The molecule has 1 heterocycles. The largest absolute Gasteiger partial charge is 0.394 e. The molecule has 0 spiro atoms. The van der Waals surface area contributed by atoms with Crippen molar-refractivity contribution in [1.82, 2.24) is 4.90 Å². The summed E-state index contributed by atoms with van der Waals surface area (Å²) >= 11 is 0. The molecular formula is C13H16N2O4. The van der Waals surface area contributed by atoms with Gasteiger partial charge in [0.05, 0.1) is 17.6 Å². The van der Waals surface area contributed by atoms with Crippen molar-refractivity contribution in [3.05, 3.63) is 39.4 Å². The van der Waals surface area contributed by atoms with Crippen LogP contribution in [0.15, 0.2) is 18.2 Å². The van der Waals surface area contributed by atoms with Crippen molar-refractivity contribution >= 4 is 11.6 Å². The predicted octanol–water partition coefficient (Wildman–Crippen LogP) is 1.50. The molecule has 0 bridgehead atoms. The van der Waals surface area contributed by atoms with E-state index >= 15 is 0 Å². The third kappa shape index (κ3) is 2.58. The van der Waals surface area contributed by atoms with Crippen LogP contribution in [0.3, 0.4) is 0 Å². The Morgan fingerprint density at radius 2 is 2.32 bits per heavy atom. The minimum absolute atomic E-state index is 0.0193. The number of carbonyl (C=O) groups excluding carboxylic acids is 1. The molecule has 2 rings (SSSR count). The fraction of sp³-hybridized carbons (Fsp3) is 0.462. The van der Waals surface area contributed by atoms with Crippen LogP contribution in [0.1, 0.15) is 28.8 Å². The number of nitrogens with zero attached hydrogens (tertiary/aromatic N) is 2. The number of aliphatic hydroxyl groups is 1. The molecule has 0 saturated carbocycles. The maximum Gasteiger partial charge on any atom is 0.269 e. The molecule has 19 heavy (non-hydrogen) atoms. The van der Waals surface area contributed by atoms with Crippen LogP contribution in [-0.2, 0) is 0 Å². The summed E-state index contributed by atoms with van der Waals surface area (Å²) in [5.74, 6) is -0.163. The molecular weight excluding hydrogens is 248 g/mol. The molecule has 102 valence electrons. The van der Waals surface area contributed by atoms with Crippen LogP contribution in [0.4, 0.5) is 5.69 Å². The molecule has 1 fully saturated rings. The van der Waals surface area contributed by atoms with E-state index in [1.165, 1.54) is 18.2 Å². The van der Waals surface area contributed by atoms with Crippen LogP contribution >= 0.6 is 0 Å². The Hall–Kier alpha value is -1.95. The molecule has 0 unspecified atom stereocenters. The fourth-order valence-electron chi connectivity index (χ4n) is 2.45. The zero-order valence-electron chi connectivity index (χ0n) is 10.7. The van der Waals surface area contributed by atoms with Gasteiger partial charge in [-0.25, -0.2) is 0 Å². The molecule has 1 N–H and O–H groups in total. The van der Waals surface area contributed by atoms with Crippen LogP contribution in [0.2, 0.25) is 0 Å². The van der Waals surface area contributed by atoms with Gasteiger partial charge < -0.3 is 10.0 Å². The number of amides is 1. The first kappa shape index (κ1) is 13.5. The van der Waals surface area contributed by atoms with E-state index in [0.717, 1.165) is 12.8 Å². The lowest BCUT2D eigenvalue weighted by molar-refractivity contribution is -0.384. The van der Waals surface area contributed by atoms with Crippen molar-refractivity contribution in [2.45, 2.75) is 25.8 Å². The van der Waals surface area contributed by atoms with Gasteiger partial charge in [0, 0.05) is 24.2 Å². The Bertz CT molecular complexity index is 515. The zero-order chi connectivity index (χ0) is 14.0. The summed E-state index contributed by atoms with van der Waals surface area (Å²) < 4.78 is 0. The van der Waals surface area contributed by atoms with Crippen molar-refractivity contribution in [2.24, 2.45) is 0 Å². The van der Waals surface area contributed by atoms with E-state index in [-0.39, 0.29) is 24.2 Å². The smallest absolute Gasteiger partial charge is 0.269 e. The highest BCUT2D eigenvalue weighted by Crippen LogP contribution is 2.23. The molecule has 1 aliphatic heterocycles. The third-order valence-electron chi connectivity index (χ3n) is 3.50. The second kappa shape index (κ2) is 5.36. The van der Waals surface area contributed by atoms with Gasteiger partial charge in [-0.3, -0.25) is 14.9 Å². The Kier molecular flexibility index (Phi) is 3.80. The molecule has 1 saturated heterocycles. The van der Waals surface area contributed by atoms with E-state index in [0.29, 0.717) is 17.7 Å². The normalized spacial score (nSPS) is 18.6. The SMILES string of the molecule is Cc1cc([N+](=O)[O-])ccc1C(=O)N1CCC[C@@H]1CO. The van der Waals surface area contributed by atoms with E-state index in [1.807, 2.05) is 0 Å². The first-order chi connectivity index (χ1) is 9.04. The van der Waals surface area contributed by atoms with Gasteiger partial charge in [-0.2, -0.15) is 0 Å². The first-order valence-electron chi connectivity index (χ1n) is 6.21. The summed E-state index contributed by atoms with van der Waals surface area (Å²) in [5, 5.41) is 19.9. The van der Waals surface area contributed by atoms with Gasteiger partial charge in [-0.05, 0) is 31.4 Å². The molecule has 1 atom stereocenters. The molecule has 0 aliphatic carbocycles. The highest BCUT2D eigenvalue weighted by Gasteiger charge is 2.29. The Morgan fingerprint density at radius 1 is 1.58 bits per heavy atom. The Labute approximate surface area is 110 Å². The van der Waals surface area contributed by atoms with E-state index in [1.54, 1.807) is 11.8 Å². The Balaban J connectivity index is 2.26. The summed E-state index contributed by atoms with van der Waals surface area (Å²) in [5.41, 5.74) is 1.03. The van der Waals surface area contributed by atoms with Crippen molar-refractivity contribution in [1.29, 1.82) is 0 Å². The van der Waals surface area contributed by atoms with Gasteiger partial charge in [-0.1, -0.05) is 0 Å². The number of nitro benzene ring substituents is 1. The molecule has 1 aliphatic rings. The fourth-order valence-corrected chi connectivity index (χ4v) is 2.45. The molecule has 1 amide bonds. The maximum absolute atomic E-state index is 12.4. The van der Waals surface area contributed by atoms with Gasteiger partial charge >= 0.3 is 0 Å². The van der Waals surface area contributed by atoms with Crippen molar-refractivity contribution in [2.75, 3.05) is 13.2 Å². The molecule has 0 aromatic heterocycles. The van der Waals surface area contributed by atoms with Gasteiger partial charge in [0.25, 0.3) is 11.6 Å². The number of aryl methyl sites for hydroxylation is 1. The summed E-state index contributed by atoms with van der Waals surface area (Å²) in [4.78, 5) is 24.2. The standard InChI is InChI=1S/C13H16N2O4/c1-9-7-10(15(18)19)4-5-12(9)13(17)14-6-2-3-11(14)8-16/h4-5,7,11,16H,2-3,6,8H2,1H3/t11-/m1/s1. The number of hydrogen-bond acceptors (Lipinski definition) is 4. The molecule has 6 nitrogen and oxygen atoms in total. The number of hydrogen-bond donors (Lipinski definition) is 1. The lowest BCUT2D eigenvalue weighted by Gasteiger charge is -2.23. The van der Waals surface area contributed by atoms with Crippen LogP contribution in [0.5, 0.6) is 0 Å². The molecule has 0 radical (unpaired) electrons. The number of likely N-dealkylation sites (tertiary alicyclic amines) is 1. The summed E-state index contributed by atoms with van der Waals surface area (Å²) in [7, 11) is 0. The number of benzene rings is 1. The third-order valence-corrected chi connectivity index (χ3v) is 3.50. The van der Waals surface area contributed by atoms with E-state index in [9.17, 15) is 20.0 Å². The summed E-state index contributed by atoms with van der Waals surface area (Å²) in [6, 6.07) is 4.09. The van der Waals surface area contributed by atoms with E-state index in [2.05, 4.69) is 0 Å². The average molecular weight is 264 g/mol. The number of non-ortho nitro benzene ring substituents is 1. The predicted molar refractivity (Wildman–Crippen MR) is 69.0 cm³/mol. The highest BCUT2D eigenvalue weighted by atomic mass is 16.6. The Morgan fingerprint density at radius 3 is 2.89 bits per heavy atom. The average Bonchev–Trinajstić information content (AvgIpc) is 2.85. The number of rotatable bonds is 3. The summed E-state index contributed by atoms with van der Waals surface area (Å²) in [6.07, 6.45) is 1.68. The lowest BCUT2D eigenvalue weighted by atomic mass is 10.1. The van der Waals surface area contributed by atoms with Crippen LogP contribution < -0.4 is 0 Å². The highest BCUT2D eigenvalue weighted by molar-refractivity contribution is 5.96. The molecule has 6 heteroatoms. The van der Waals surface area contributed by atoms with Crippen LogP contribution in [0, 0.1) is 17.0 Å². The van der Waals surface area contributed by atoms with Crippen molar-refractivity contribution in [3.8, 4) is 0 Å². The number of aliphatic hydroxyl groups excluding tert-OH is 1. The van der Waals surface area contributed by atoms with Crippen molar-refractivity contribution < 1.29 is 14.8 Å². The zero-order valence-corrected chi connectivity index (χ0v) is 10.7. The van der Waals surface area contributed by atoms with Crippen molar-refractivity contribution in [3.63, 3.8) is 0 Å². The monoisotopic (exact) mass is 264 g/mol. The second-order valence-electron chi connectivity index (χ2n) is 4.73. The molecule has 1 aromatic carbocycles. The number of carbonyl (C=O) groups is 1. The van der Waals surface area contributed by atoms with E-state index in [4.69, 9.17) is 0 Å². The number of nitro groups is 1. The second-order valence-corrected chi connectivity index (χ2v) is 4.73. The quantitative estimate of drug-likeness (QED) is 0.662. The van der Waals surface area contributed by atoms with Crippen LogP contribution in [0.25, 0.3) is 0 Å². The first-order valence-corrected chi connectivity index (χ1v) is 6.21. The van der Waals surface area contributed by atoms with Gasteiger partial charge in [0.1, 0.15) is 0 Å². The summed E-state index contributed by atoms with van der Waals surface area (Å²) in [6.45, 7) is 2.27.